The maximum atomic E-state index is 10.9. The van der Waals surface area contributed by atoms with Crippen LogP contribution in [-0.2, 0) is 6.54 Å². The largest absolute Gasteiger partial charge is 0.424 e. The smallest absolute Gasteiger partial charge is 0.321 e. The Balaban J connectivity index is 1.49. The fourth-order valence-corrected chi connectivity index (χ4v) is 3.32. The van der Waals surface area contributed by atoms with Crippen molar-refractivity contribution < 1.29 is 9.84 Å². The molecule has 3 heterocycles. The lowest BCUT2D eigenvalue weighted by atomic mass is 9.91. The van der Waals surface area contributed by atoms with E-state index in [-0.39, 0.29) is 0 Å². The third kappa shape index (κ3) is 4.15. The molecule has 0 atom stereocenters. The van der Waals surface area contributed by atoms with Crippen molar-refractivity contribution >= 4 is 0 Å². The molecule has 140 valence electrons. The Hall–Kier alpha value is -2.77. The van der Waals surface area contributed by atoms with Gasteiger partial charge in [-0.05, 0) is 50.2 Å². The Morgan fingerprint density at radius 2 is 1.74 bits per heavy atom. The topological polar surface area (TPSA) is 76.3 Å². The Morgan fingerprint density at radius 3 is 2.44 bits per heavy atom. The number of aromatic nitrogens is 4. The van der Waals surface area contributed by atoms with Gasteiger partial charge in [-0.3, -0.25) is 0 Å². The second kappa shape index (κ2) is 7.46. The highest BCUT2D eigenvalue weighted by Crippen LogP contribution is 2.27. The molecule has 1 aliphatic heterocycles. The maximum absolute atomic E-state index is 10.9. The minimum absolute atomic E-state index is 0.316. The quantitative estimate of drug-likeness (QED) is 0.749. The Morgan fingerprint density at radius 1 is 1.04 bits per heavy atom. The van der Waals surface area contributed by atoms with Gasteiger partial charge < -0.3 is 19.3 Å². The van der Waals surface area contributed by atoms with E-state index < -0.39 is 5.60 Å². The zero-order valence-electron chi connectivity index (χ0n) is 15.3. The summed E-state index contributed by atoms with van der Waals surface area (Å²) in [6.45, 7) is 2.37. The molecule has 0 spiro atoms. The predicted molar refractivity (Wildman–Crippen MR) is 101 cm³/mol. The zero-order chi connectivity index (χ0) is 18.7. The van der Waals surface area contributed by atoms with Crippen molar-refractivity contribution in [3.8, 4) is 23.1 Å². The van der Waals surface area contributed by atoms with Crippen LogP contribution in [0.5, 0.6) is 11.8 Å². The van der Waals surface area contributed by atoms with Gasteiger partial charge >= 0.3 is 6.01 Å². The van der Waals surface area contributed by atoms with Gasteiger partial charge in [0.05, 0.1) is 12.1 Å². The molecule has 1 fully saturated rings. The van der Waals surface area contributed by atoms with Crippen LogP contribution < -0.4 is 4.74 Å². The van der Waals surface area contributed by atoms with Crippen molar-refractivity contribution in [2.75, 3.05) is 20.1 Å². The summed E-state index contributed by atoms with van der Waals surface area (Å²) < 4.78 is 7.66. The van der Waals surface area contributed by atoms with E-state index in [1.165, 1.54) is 0 Å². The first kappa shape index (κ1) is 17.6. The molecule has 1 aliphatic rings. The van der Waals surface area contributed by atoms with Gasteiger partial charge in [-0.15, -0.1) is 0 Å². The second-order valence-electron chi connectivity index (χ2n) is 7.06. The van der Waals surface area contributed by atoms with E-state index in [0.717, 1.165) is 37.3 Å². The molecule has 7 heteroatoms. The molecule has 0 bridgehead atoms. The lowest BCUT2D eigenvalue weighted by Gasteiger charge is -2.37. The van der Waals surface area contributed by atoms with Gasteiger partial charge in [0.15, 0.2) is 0 Å². The van der Waals surface area contributed by atoms with Crippen LogP contribution in [0.15, 0.2) is 55.1 Å². The summed E-state index contributed by atoms with van der Waals surface area (Å²) in [7, 11) is 2.09. The summed E-state index contributed by atoms with van der Waals surface area (Å²) in [5, 5.41) is 10.9. The van der Waals surface area contributed by atoms with Crippen LogP contribution in [0.3, 0.4) is 0 Å². The fraction of sp³-hybridized carbons (Fsp3) is 0.350. The molecule has 4 rings (SSSR count). The normalized spacial score (nSPS) is 17.0. The number of hydrogen-bond donors (Lipinski definition) is 1. The third-order valence-corrected chi connectivity index (χ3v) is 4.96. The molecule has 1 aromatic carbocycles. The van der Waals surface area contributed by atoms with Gasteiger partial charge in [0, 0.05) is 43.4 Å². The molecule has 1 N–H and O–H groups in total. The van der Waals surface area contributed by atoms with Gasteiger partial charge in [-0.2, -0.15) is 0 Å². The summed E-state index contributed by atoms with van der Waals surface area (Å²) in [6, 6.07) is 9.71. The van der Waals surface area contributed by atoms with E-state index in [9.17, 15) is 5.11 Å². The van der Waals surface area contributed by atoms with E-state index in [4.69, 9.17) is 4.74 Å². The number of likely N-dealkylation sites (tertiary alicyclic amines) is 1. The van der Waals surface area contributed by atoms with Crippen molar-refractivity contribution in [3.05, 3.63) is 55.1 Å². The van der Waals surface area contributed by atoms with Crippen molar-refractivity contribution in [1.29, 1.82) is 0 Å². The minimum Gasteiger partial charge on any atom is -0.424 e. The third-order valence-electron chi connectivity index (χ3n) is 4.96. The average molecular weight is 365 g/mol. The van der Waals surface area contributed by atoms with Gasteiger partial charge in [0.1, 0.15) is 11.6 Å². The van der Waals surface area contributed by atoms with Crippen LogP contribution in [0.25, 0.3) is 11.4 Å². The molecule has 1 saturated heterocycles. The minimum atomic E-state index is -0.685. The highest BCUT2D eigenvalue weighted by atomic mass is 16.5. The molecule has 3 aromatic rings. The number of piperidine rings is 1. The number of ether oxygens (including phenoxy) is 1. The van der Waals surface area contributed by atoms with Crippen LogP contribution in [0.2, 0.25) is 0 Å². The number of aliphatic hydroxyl groups is 1. The number of nitrogens with zero attached hydrogens (tertiary/aromatic N) is 5. The second-order valence-corrected chi connectivity index (χ2v) is 7.06. The molecular weight excluding hydrogens is 342 g/mol. The van der Waals surface area contributed by atoms with Crippen LogP contribution in [-0.4, -0.2) is 55.3 Å². The van der Waals surface area contributed by atoms with Crippen LogP contribution in [0.1, 0.15) is 12.8 Å². The van der Waals surface area contributed by atoms with E-state index in [1.807, 2.05) is 35.0 Å². The lowest BCUT2D eigenvalue weighted by molar-refractivity contribution is -0.0287. The number of imidazole rings is 1. The first-order chi connectivity index (χ1) is 13.1. The summed E-state index contributed by atoms with van der Waals surface area (Å²) in [5.41, 5.74) is 0.285. The van der Waals surface area contributed by atoms with E-state index in [1.54, 1.807) is 24.7 Å². The molecule has 0 aliphatic carbocycles. The van der Waals surface area contributed by atoms with Gasteiger partial charge in [0.2, 0.25) is 0 Å². The van der Waals surface area contributed by atoms with E-state index in [2.05, 4.69) is 26.9 Å². The highest BCUT2D eigenvalue weighted by molar-refractivity contribution is 5.57. The van der Waals surface area contributed by atoms with Crippen molar-refractivity contribution in [3.63, 3.8) is 0 Å². The van der Waals surface area contributed by atoms with Gasteiger partial charge in [0.25, 0.3) is 0 Å². The molecule has 0 saturated carbocycles. The number of rotatable bonds is 5. The van der Waals surface area contributed by atoms with Crippen molar-refractivity contribution in [1.82, 2.24) is 24.4 Å². The summed E-state index contributed by atoms with van der Waals surface area (Å²) >= 11 is 0. The summed E-state index contributed by atoms with van der Waals surface area (Å²) in [4.78, 5) is 14.9. The SMILES string of the molecule is CN1CCC(O)(Cn2ccnc2-c2ccc(Oc3ncccn3)cc2)CC1. The molecule has 27 heavy (non-hydrogen) atoms. The molecule has 2 aromatic heterocycles. The molecule has 0 radical (unpaired) electrons. The Kier molecular flexibility index (Phi) is 4.87. The highest BCUT2D eigenvalue weighted by Gasteiger charge is 2.32. The first-order valence-corrected chi connectivity index (χ1v) is 9.09. The standard InChI is InChI=1S/C20H23N5O2/c1-24-12-7-20(26,8-13-24)15-25-14-11-21-18(25)16-3-5-17(6-4-16)27-19-22-9-2-10-23-19/h2-6,9-11,14,26H,7-8,12-13,15H2,1H3. The van der Waals surface area contributed by atoms with Gasteiger partial charge in [-0.25, -0.2) is 15.0 Å². The van der Waals surface area contributed by atoms with Crippen LogP contribution in [0.4, 0.5) is 0 Å². The summed E-state index contributed by atoms with van der Waals surface area (Å²) in [5.74, 6) is 1.50. The molecule has 0 amide bonds. The fourth-order valence-electron chi connectivity index (χ4n) is 3.32. The number of benzene rings is 1. The average Bonchev–Trinajstić information content (AvgIpc) is 3.13. The molecule has 0 unspecified atom stereocenters. The Bertz CT molecular complexity index is 871. The van der Waals surface area contributed by atoms with Crippen molar-refractivity contribution in [2.45, 2.75) is 25.0 Å². The van der Waals surface area contributed by atoms with Crippen LogP contribution in [0, 0.1) is 0 Å². The van der Waals surface area contributed by atoms with E-state index >= 15 is 0 Å². The monoisotopic (exact) mass is 365 g/mol. The Labute approximate surface area is 158 Å². The lowest BCUT2D eigenvalue weighted by Crippen LogP contribution is -2.45. The summed E-state index contributed by atoms with van der Waals surface area (Å²) in [6.07, 6.45) is 8.52. The van der Waals surface area contributed by atoms with Crippen molar-refractivity contribution in [2.24, 2.45) is 0 Å². The first-order valence-electron chi connectivity index (χ1n) is 9.09. The van der Waals surface area contributed by atoms with Gasteiger partial charge in [-0.1, -0.05) is 0 Å². The number of hydrogen-bond acceptors (Lipinski definition) is 6. The predicted octanol–water partition coefficient (Wildman–Crippen LogP) is 2.59. The van der Waals surface area contributed by atoms with E-state index in [0.29, 0.717) is 18.3 Å². The zero-order valence-corrected chi connectivity index (χ0v) is 15.3. The maximum Gasteiger partial charge on any atom is 0.321 e. The molecular formula is C20H23N5O2. The molecule has 7 nitrogen and oxygen atoms in total. The van der Waals surface area contributed by atoms with Crippen LogP contribution >= 0.6 is 0 Å².